The first-order valence-electron chi connectivity index (χ1n) is 8.96. The summed E-state index contributed by atoms with van der Waals surface area (Å²) < 4.78 is 15.8. The second kappa shape index (κ2) is 8.61. The van der Waals surface area contributed by atoms with E-state index in [0.29, 0.717) is 23.4 Å². The van der Waals surface area contributed by atoms with Gasteiger partial charge in [0.15, 0.2) is 6.61 Å². The van der Waals surface area contributed by atoms with Crippen molar-refractivity contribution in [2.45, 2.75) is 19.9 Å². The zero-order valence-electron chi connectivity index (χ0n) is 16.2. The number of methoxy groups -OCH3 is 1. The number of fused-ring (bicyclic) bond motifs is 1. The molecule has 0 spiro atoms. The maximum atomic E-state index is 12.3. The fourth-order valence-corrected chi connectivity index (χ4v) is 2.92. The van der Waals surface area contributed by atoms with E-state index in [4.69, 9.17) is 13.9 Å². The lowest BCUT2D eigenvalue weighted by Gasteiger charge is -2.18. The Balaban J connectivity index is 1.54. The Morgan fingerprint density at radius 2 is 1.89 bits per heavy atom. The molecule has 0 fully saturated rings. The minimum absolute atomic E-state index is 0.0358. The van der Waals surface area contributed by atoms with Crippen LogP contribution in [0.15, 0.2) is 53.1 Å². The first-order chi connectivity index (χ1) is 13.5. The van der Waals surface area contributed by atoms with Crippen molar-refractivity contribution >= 4 is 22.8 Å². The molecule has 3 aromatic rings. The summed E-state index contributed by atoms with van der Waals surface area (Å²) in [6.07, 6.45) is 1.56. The second-order valence-corrected chi connectivity index (χ2v) is 6.64. The van der Waals surface area contributed by atoms with E-state index in [9.17, 15) is 9.59 Å². The van der Waals surface area contributed by atoms with Crippen molar-refractivity contribution in [3.8, 4) is 5.75 Å². The molecule has 146 valence electrons. The Labute approximate surface area is 163 Å². The average molecular weight is 381 g/mol. The fraction of sp³-hybridized carbons (Fsp3) is 0.273. The molecule has 6 heteroatoms. The largest absolute Gasteiger partial charge is 0.497 e. The Kier molecular flexibility index (Phi) is 5.99. The number of hydrogen-bond acceptors (Lipinski definition) is 5. The number of hydrogen-bond donors (Lipinski definition) is 0. The molecule has 0 bridgehead atoms. The molecular weight excluding hydrogens is 358 g/mol. The van der Waals surface area contributed by atoms with E-state index < -0.39 is 5.97 Å². The first kappa shape index (κ1) is 19.5. The van der Waals surface area contributed by atoms with Gasteiger partial charge in [0, 0.05) is 30.6 Å². The van der Waals surface area contributed by atoms with Gasteiger partial charge in [0.05, 0.1) is 19.8 Å². The van der Waals surface area contributed by atoms with Gasteiger partial charge in [0.2, 0.25) is 0 Å². The number of carbonyl (C=O) groups is 2. The lowest BCUT2D eigenvalue weighted by Crippen LogP contribution is -2.31. The molecule has 0 radical (unpaired) electrons. The van der Waals surface area contributed by atoms with Gasteiger partial charge in [-0.05, 0) is 30.2 Å². The summed E-state index contributed by atoms with van der Waals surface area (Å²) in [4.78, 5) is 26.0. The molecule has 0 saturated carbocycles. The monoisotopic (exact) mass is 381 g/mol. The van der Waals surface area contributed by atoms with Crippen LogP contribution < -0.4 is 4.74 Å². The molecule has 0 atom stereocenters. The van der Waals surface area contributed by atoms with Gasteiger partial charge in [-0.15, -0.1) is 0 Å². The summed E-state index contributed by atoms with van der Waals surface area (Å²) in [5, 5.41) is 0.820. The highest BCUT2D eigenvalue weighted by molar-refractivity contribution is 5.87. The van der Waals surface area contributed by atoms with Crippen molar-refractivity contribution in [1.82, 2.24) is 4.90 Å². The Morgan fingerprint density at radius 3 is 2.64 bits per heavy atom. The summed E-state index contributed by atoms with van der Waals surface area (Å²) in [6, 6.07) is 13.3. The van der Waals surface area contributed by atoms with E-state index >= 15 is 0 Å². The number of carbonyl (C=O) groups excluding carboxylic acids is 2. The molecular formula is C22H23NO5. The van der Waals surface area contributed by atoms with Gasteiger partial charge in [0.25, 0.3) is 5.91 Å². The number of furan rings is 1. The second-order valence-electron chi connectivity index (χ2n) is 6.64. The number of amides is 1. The van der Waals surface area contributed by atoms with Crippen molar-refractivity contribution in [2.75, 3.05) is 20.8 Å². The quantitative estimate of drug-likeness (QED) is 0.586. The molecule has 0 aliphatic rings. The zero-order valence-corrected chi connectivity index (χ0v) is 16.2. The number of nitrogens with zero attached hydrogens (tertiary/aromatic N) is 1. The van der Waals surface area contributed by atoms with Crippen LogP contribution in [0.25, 0.3) is 11.0 Å². The highest BCUT2D eigenvalue weighted by atomic mass is 16.5. The topological polar surface area (TPSA) is 69.0 Å². The van der Waals surface area contributed by atoms with Crippen molar-refractivity contribution in [1.29, 1.82) is 0 Å². The van der Waals surface area contributed by atoms with Gasteiger partial charge in [-0.3, -0.25) is 9.59 Å². The molecule has 0 aliphatic heterocycles. The lowest BCUT2D eigenvalue weighted by atomic mass is 10.1. The maximum absolute atomic E-state index is 12.3. The van der Waals surface area contributed by atoms with Crippen molar-refractivity contribution in [3.05, 3.63) is 65.4 Å². The summed E-state index contributed by atoms with van der Waals surface area (Å²) in [5.41, 5.74) is 3.52. The molecule has 0 unspecified atom stereocenters. The van der Waals surface area contributed by atoms with Crippen LogP contribution in [0.4, 0.5) is 0 Å². The van der Waals surface area contributed by atoms with Crippen LogP contribution in [0.5, 0.6) is 5.75 Å². The third kappa shape index (κ3) is 4.52. The number of esters is 1. The summed E-state index contributed by atoms with van der Waals surface area (Å²) in [7, 11) is 3.27. The molecule has 0 aliphatic carbocycles. The number of aryl methyl sites for hydroxylation is 1. The summed E-state index contributed by atoms with van der Waals surface area (Å²) >= 11 is 0. The summed E-state index contributed by atoms with van der Waals surface area (Å²) in [5.74, 6) is -0.0483. The van der Waals surface area contributed by atoms with Gasteiger partial charge in [-0.1, -0.05) is 24.3 Å². The van der Waals surface area contributed by atoms with Crippen molar-refractivity contribution in [3.63, 3.8) is 0 Å². The minimum Gasteiger partial charge on any atom is -0.497 e. The molecule has 28 heavy (non-hydrogen) atoms. The number of ether oxygens (including phenoxy) is 2. The van der Waals surface area contributed by atoms with Crippen LogP contribution in [-0.2, 0) is 27.3 Å². The minimum atomic E-state index is -0.476. The Bertz CT molecular complexity index is 992. The van der Waals surface area contributed by atoms with E-state index in [1.54, 1.807) is 31.2 Å². The fourth-order valence-electron chi connectivity index (χ4n) is 2.92. The third-order valence-corrected chi connectivity index (χ3v) is 4.65. The molecule has 1 amide bonds. The van der Waals surface area contributed by atoms with E-state index in [2.05, 4.69) is 0 Å². The normalized spacial score (nSPS) is 10.7. The smallest absolute Gasteiger partial charge is 0.310 e. The van der Waals surface area contributed by atoms with Crippen LogP contribution in [0.2, 0.25) is 0 Å². The van der Waals surface area contributed by atoms with E-state index in [1.165, 1.54) is 6.26 Å². The number of benzene rings is 2. The highest BCUT2D eigenvalue weighted by Gasteiger charge is 2.16. The molecule has 0 saturated heterocycles. The lowest BCUT2D eigenvalue weighted by molar-refractivity contribution is -0.151. The maximum Gasteiger partial charge on any atom is 0.310 e. The predicted molar refractivity (Wildman–Crippen MR) is 105 cm³/mol. The van der Waals surface area contributed by atoms with Crippen molar-refractivity contribution in [2.24, 2.45) is 0 Å². The molecule has 0 N–H and O–H groups in total. The van der Waals surface area contributed by atoms with Gasteiger partial charge in [0.1, 0.15) is 11.3 Å². The third-order valence-electron chi connectivity index (χ3n) is 4.65. The van der Waals surface area contributed by atoms with Gasteiger partial charge in [-0.2, -0.15) is 0 Å². The van der Waals surface area contributed by atoms with Crippen LogP contribution in [0.3, 0.4) is 0 Å². The van der Waals surface area contributed by atoms with Gasteiger partial charge in [-0.25, -0.2) is 0 Å². The Hall–Kier alpha value is -3.28. The van der Waals surface area contributed by atoms with E-state index in [-0.39, 0.29) is 18.9 Å². The van der Waals surface area contributed by atoms with Crippen LogP contribution in [-0.4, -0.2) is 37.5 Å². The predicted octanol–water partition coefficient (Wildman–Crippen LogP) is 3.49. The zero-order chi connectivity index (χ0) is 20.1. The van der Waals surface area contributed by atoms with Gasteiger partial charge < -0.3 is 18.8 Å². The molecule has 1 heterocycles. The van der Waals surface area contributed by atoms with E-state index in [0.717, 1.165) is 16.5 Å². The summed E-state index contributed by atoms with van der Waals surface area (Å²) in [6.45, 7) is 2.18. The molecule has 3 rings (SSSR count). The average Bonchev–Trinajstić information content (AvgIpc) is 3.09. The SMILES string of the molecule is COc1ccc2c(CC(=O)OCC(=O)N(C)Cc3ccccc3C)coc2c1. The first-order valence-corrected chi connectivity index (χ1v) is 8.96. The molecule has 1 aromatic heterocycles. The van der Waals surface area contributed by atoms with Crippen LogP contribution in [0, 0.1) is 6.92 Å². The highest BCUT2D eigenvalue weighted by Crippen LogP contribution is 2.26. The molecule has 6 nitrogen and oxygen atoms in total. The van der Waals surface area contributed by atoms with E-state index in [1.807, 2.05) is 37.3 Å². The van der Waals surface area contributed by atoms with Gasteiger partial charge >= 0.3 is 5.97 Å². The molecule has 2 aromatic carbocycles. The van der Waals surface area contributed by atoms with Crippen LogP contribution in [0.1, 0.15) is 16.7 Å². The van der Waals surface area contributed by atoms with Crippen molar-refractivity contribution < 1.29 is 23.5 Å². The number of likely N-dealkylation sites (N-methyl/N-ethyl adjacent to an activating group) is 1. The Morgan fingerprint density at radius 1 is 1.11 bits per heavy atom. The number of rotatable bonds is 7. The standard InChI is InChI=1S/C22H23NO5/c1-15-6-4-5-7-16(15)12-23(2)21(24)14-28-22(25)10-17-13-27-20-11-18(26-3)8-9-19(17)20/h4-9,11,13H,10,12,14H2,1-3H3. The van der Waals surface area contributed by atoms with Crippen LogP contribution >= 0.6 is 0 Å².